The minimum Gasteiger partial charge on any atom is -0.481 e. The normalized spacial score (nSPS) is 15.2. The van der Waals surface area contributed by atoms with Gasteiger partial charge in [-0.15, -0.1) is 0 Å². The van der Waals surface area contributed by atoms with Gasteiger partial charge in [-0.3, -0.25) is 4.90 Å². The molecule has 68 valence electrons. The molecule has 0 fully saturated rings. The maximum atomic E-state index is 5.20. The minimum atomic E-state index is 0.771. The Morgan fingerprint density at radius 1 is 1.31 bits per heavy atom. The number of anilines is 1. The van der Waals surface area contributed by atoms with Crippen molar-refractivity contribution in [2.75, 3.05) is 18.7 Å². The van der Waals surface area contributed by atoms with Gasteiger partial charge in [0.1, 0.15) is 0 Å². The fourth-order valence-corrected chi connectivity index (χ4v) is 1.38. The lowest BCUT2D eigenvalue weighted by molar-refractivity contribution is 0.285. The largest absolute Gasteiger partial charge is 0.481 e. The van der Waals surface area contributed by atoms with Gasteiger partial charge in [-0.05, 0) is 12.1 Å². The molecule has 1 aromatic carbocycles. The molecule has 1 aliphatic rings. The second-order valence-electron chi connectivity index (χ2n) is 2.81. The summed E-state index contributed by atoms with van der Waals surface area (Å²) in [6, 6.07) is 10.1. The van der Waals surface area contributed by atoms with Crippen molar-refractivity contribution in [1.82, 2.24) is 5.32 Å². The Balaban J connectivity index is 2.23. The molecule has 1 heterocycles. The van der Waals surface area contributed by atoms with E-state index in [1.54, 1.807) is 7.11 Å². The summed E-state index contributed by atoms with van der Waals surface area (Å²) in [6.45, 7) is 0.771. The summed E-state index contributed by atoms with van der Waals surface area (Å²) < 4.78 is 5.20. The van der Waals surface area contributed by atoms with Gasteiger partial charge in [0.25, 0.3) is 0 Å². The second kappa shape index (κ2) is 3.39. The van der Waals surface area contributed by atoms with Crippen LogP contribution in [0.25, 0.3) is 0 Å². The van der Waals surface area contributed by atoms with Gasteiger partial charge in [-0.1, -0.05) is 18.2 Å². The molecule has 0 saturated carbocycles. The summed E-state index contributed by atoms with van der Waals surface area (Å²) in [5, 5.41) is 3.11. The highest BCUT2D eigenvalue weighted by atomic mass is 16.5. The zero-order valence-corrected chi connectivity index (χ0v) is 7.53. The van der Waals surface area contributed by atoms with E-state index in [4.69, 9.17) is 4.74 Å². The van der Waals surface area contributed by atoms with E-state index in [1.165, 1.54) is 0 Å². The molecule has 3 heteroatoms. The van der Waals surface area contributed by atoms with Gasteiger partial charge < -0.3 is 10.1 Å². The summed E-state index contributed by atoms with van der Waals surface area (Å²) in [7, 11) is 1.68. The van der Waals surface area contributed by atoms with Crippen molar-refractivity contribution in [3.8, 4) is 0 Å². The van der Waals surface area contributed by atoms with Crippen LogP contribution in [0.15, 0.2) is 42.4 Å². The predicted molar refractivity (Wildman–Crippen MR) is 52.0 cm³/mol. The monoisotopic (exact) mass is 176 g/mol. The predicted octanol–water partition coefficient (Wildman–Crippen LogP) is 1.50. The van der Waals surface area contributed by atoms with E-state index >= 15 is 0 Å². The van der Waals surface area contributed by atoms with Gasteiger partial charge in [0, 0.05) is 5.69 Å². The molecule has 1 N–H and O–H groups in total. The van der Waals surface area contributed by atoms with Crippen LogP contribution >= 0.6 is 0 Å². The number of methoxy groups -OCH3 is 1. The van der Waals surface area contributed by atoms with Gasteiger partial charge in [0.15, 0.2) is 0 Å². The number of para-hydroxylation sites is 1. The summed E-state index contributed by atoms with van der Waals surface area (Å²) in [4.78, 5) is 2.07. The zero-order chi connectivity index (χ0) is 9.10. The van der Waals surface area contributed by atoms with Crippen molar-refractivity contribution in [3.63, 3.8) is 0 Å². The van der Waals surface area contributed by atoms with E-state index < -0.39 is 0 Å². The molecule has 0 aliphatic carbocycles. The molecule has 0 bridgehead atoms. The Morgan fingerprint density at radius 3 is 2.77 bits per heavy atom. The number of nitrogens with zero attached hydrogens (tertiary/aromatic N) is 1. The van der Waals surface area contributed by atoms with Crippen molar-refractivity contribution in [3.05, 3.63) is 42.4 Å². The molecular weight excluding hydrogens is 164 g/mol. The zero-order valence-electron chi connectivity index (χ0n) is 7.53. The average molecular weight is 176 g/mol. The maximum Gasteiger partial charge on any atom is 0.211 e. The van der Waals surface area contributed by atoms with Crippen molar-refractivity contribution in [2.45, 2.75) is 0 Å². The lowest BCUT2D eigenvalue weighted by atomic mass is 10.3. The van der Waals surface area contributed by atoms with E-state index in [-0.39, 0.29) is 0 Å². The van der Waals surface area contributed by atoms with Gasteiger partial charge in [0.05, 0.1) is 20.0 Å². The first kappa shape index (κ1) is 7.98. The third kappa shape index (κ3) is 1.45. The fourth-order valence-electron chi connectivity index (χ4n) is 1.38. The van der Waals surface area contributed by atoms with Crippen molar-refractivity contribution in [1.29, 1.82) is 0 Å². The van der Waals surface area contributed by atoms with E-state index in [9.17, 15) is 0 Å². The molecule has 2 rings (SSSR count). The Labute approximate surface area is 77.6 Å². The van der Waals surface area contributed by atoms with Crippen LogP contribution in [0, 0.1) is 0 Å². The van der Waals surface area contributed by atoms with Gasteiger partial charge >= 0.3 is 0 Å². The molecule has 0 atom stereocenters. The van der Waals surface area contributed by atoms with Crippen LogP contribution in [0.5, 0.6) is 0 Å². The topological polar surface area (TPSA) is 24.5 Å². The van der Waals surface area contributed by atoms with E-state index in [2.05, 4.69) is 22.3 Å². The first-order valence-corrected chi connectivity index (χ1v) is 4.22. The van der Waals surface area contributed by atoms with Gasteiger partial charge in [-0.25, -0.2) is 0 Å². The SMILES string of the molecule is COC1=CNCN1c1ccccc1. The highest BCUT2D eigenvalue weighted by Crippen LogP contribution is 2.20. The minimum absolute atomic E-state index is 0.771. The smallest absolute Gasteiger partial charge is 0.211 e. The molecule has 1 aromatic rings. The maximum absolute atomic E-state index is 5.20. The van der Waals surface area contributed by atoms with Crippen LogP contribution in [0.3, 0.4) is 0 Å². The van der Waals surface area contributed by atoms with Crippen LogP contribution < -0.4 is 10.2 Å². The number of nitrogens with one attached hydrogen (secondary N) is 1. The van der Waals surface area contributed by atoms with Crippen LogP contribution in [0.1, 0.15) is 0 Å². The Kier molecular flexibility index (Phi) is 2.08. The van der Waals surface area contributed by atoms with Crippen LogP contribution in [0.4, 0.5) is 5.69 Å². The van der Waals surface area contributed by atoms with Crippen molar-refractivity contribution in [2.24, 2.45) is 0 Å². The quantitative estimate of drug-likeness (QED) is 0.739. The molecular formula is C10H12N2O. The molecule has 1 aliphatic heterocycles. The molecule has 0 amide bonds. The summed E-state index contributed by atoms with van der Waals surface area (Å²) >= 11 is 0. The summed E-state index contributed by atoms with van der Waals surface area (Å²) in [6.07, 6.45) is 1.87. The highest BCUT2D eigenvalue weighted by Gasteiger charge is 2.15. The van der Waals surface area contributed by atoms with Gasteiger partial charge in [-0.2, -0.15) is 0 Å². The first-order valence-electron chi connectivity index (χ1n) is 4.22. The molecule has 0 aromatic heterocycles. The summed E-state index contributed by atoms with van der Waals surface area (Å²) in [5.74, 6) is 0.853. The van der Waals surface area contributed by atoms with Crippen LogP contribution in [-0.4, -0.2) is 13.8 Å². The van der Waals surface area contributed by atoms with E-state index in [1.807, 2.05) is 24.4 Å². The number of ether oxygens (including phenoxy) is 1. The average Bonchev–Trinajstić information content (AvgIpc) is 2.67. The third-order valence-electron chi connectivity index (χ3n) is 2.02. The standard InChI is InChI=1S/C10H12N2O/c1-13-10-7-11-8-12(10)9-5-3-2-4-6-9/h2-7,11H,8H2,1H3. The number of hydrogen-bond donors (Lipinski definition) is 1. The van der Waals surface area contributed by atoms with E-state index in [0.717, 1.165) is 18.2 Å². The Morgan fingerprint density at radius 2 is 2.08 bits per heavy atom. The lowest BCUT2D eigenvalue weighted by Crippen LogP contribution is -2.23. The van der Waals surface area contributed by atoms with E-state index in [0.29, 0.717) is 0 Å². The van der Waals surface area contributed by atoms with Crippen LogP contribution in [-0.2, 0) is 4.74 Å². The molecule has 3 nitrogen and oxygen atoms in total. The second-order valence-corrected chi connectivity index (χ2v) is 2.81. The highest BCUT2D eigenvalue weighted by molar-refractivity contribution is 5.51. The summed E-state index contributed by atoms with van der Waals surface area (Å²) in [5.41, 5.74) is 1.14. The molecule has 13 heavy (non-hydrogen) atoms. The Bertz CT molecular complexity index is 308. The van der Waals surface area contributed by atoms with Crippen LogP contribution in [0.2, 0.25) is 0 Å². The number of benzene rings is 1. The number of rotatable bonds is 2. The van der Waals surface area contributed by atoms with Crippen molar-refractivity contribution >= 4 is 5.69 Å². The lowest BCUT2D eigenvalue weighted by Gasteiger charge is -2.19. The number of hydrogen-bond acceptors (Lipinski definition) is 3. The molecule has 0 spiro atoms. The van der Waals surface area contributed by atoms with Gasteiger partial charge in [0.2, 0.25) is 5.88 Å². The molecule has 0 radical (unpaired) electrons. The third-order valence-corrected chi connectivity index (χ3v) is 2.02. The molecule has 0 saturated heterocycles. The first-order chi connectivity index (χ1) is 6.42. The molecule has 0 unspecified atom stereocenters. The Hall–Kier alpha value is -1.64. The fraction of sp³-hybridized carbons (Fsp3) is 0.200. The van der Waals surface area contributed by atoms with Crippen molar-refractivity contribution < 1.29 is 4.74 Å².